The smallest absolute Gasteiger partial charge is 0.397 e. The molecule has 0 aromatic heterocycles. The summed E-state index contributed by atoms with van der Waals surface area (Å²) in [5, 5.41) is 30.8. The molecule has 1 aliphatic heterocycles. The number of allylic oxidation sites excluding steroid dienone is 8. The van der Waals surface area contributed by atoms with Crippen molar-refractivity contribution in [2.75, 3.05) is 26.4 Å². The number of rotatable bonds is 48. The Balaban J connectivity index is 2.35. The minimum Gasteiger partial charge on any atom is -0.457 e. The molecule has 398 valence electrons. The van der Waals surface area contributed by atoms with E-state index in [9.17, 15) is 33.1 Å². The molecule has 4 N–H and O–H groups in total. The lowest BCUT2D eigenvalue weighted by Crippen LogP contribution is -2.60. The van der Waals surface area contributed by atoms with E-state index in [4.69, 9.17) is 18.9 Å². The van der Waals surface area contributed by atoms with Crippen LogP contribution in [0.1, 0.15) is 232 Å². The average molecular weight is 985 g/mol. The number of unbranched alkanes of at least 4 members (excludes halogenated alkanes) is 27. The third kappa shape index (κ3) is 38.8. The van der Waals surface area contributed by atoms with E-state index in [0.29, 0.717) is 13.0 Å². The van der Waals surface area contributed by atoms with Crippen molar-refractivity contribution in [3.05, 3.63) is 48.6 Å². The fourth-order valence-electron chi connectivity index (χ4n) is 8.26. The molecule has 0 radical (unpaired) electrons. The van der Waals surface area contributed by atoms with Gasteiger partial charge < -0.3 is 34.3 Å². The minimum atomic E-state index is -5.07. The molecule has 1 rings (SSSR count). The fraction of sp³-hybridized carbons (Fsp3) is 0.836. The summed E-state index contributed by atoms with van der Waals surface area (Å²) >= 11 is 0. The first-order valence-corrected chi connectivity index (χ1v) is 28.8. The van der Waals surface area contributed by atoms with E-state index in [0.717, 1.165) is 70.6 Å². The lowest BCUT2D eigenvalue weighted by atomic mass is 9.99. The molecule has 0 aromatic carbocycles. The molecule has 13 heteroatoms. The Labute approximate surface area is 415 Å². The van der Waals surface area contributed by atoms with Crippen molar-refractivity contribution >= 4 is 16.4 Å². The second-order valence-electron chi connectivity index (χ2n) is 18.8. The molecule has 12 nitrogen and oxygen atoms in total. The van der Waals surface area contributed by atoms with Crippen LogP contribution >= 0.6 is 0 Å². The SMILES string of the molecule is CCCCCCC/C=C\C/C=C\C/C=C\CCCCCCCCC(=O)OC(COCCCCCCCCCCCC/C=C\CCCCCCCC)COC1OC(CO)C(O)C(OS(=O)(=O)O)C1O. The number of aliphatic hydroxyl groups excluding tert-OH is 3. The van der Waals surface area contributed by atoms with Crippen molar-refractivity contribution in [1.82, 2.24) is 0 Å². The number of carbonyl (C=O) groups is 1. The summed E-state index contributed by atoms with van der Waals surface area (Å²) in [7, 11) is -5.07. The Morgan fingerprint density at radius 2 is 0.971 bits per heavy atom. The Hall–Kier alpha value is -1.94. The van der Waals surface area contributed by atoms with Gasteiger partial charge in [-0.1, -0.05) is 197 Å². The average Bonchev–Trinajstić information content (AvgIpc) is 3.31. The molecule has 0 saturated carbocycles. The van der Waals surface area contributed by atoms with Gasteiger partial charge in [-0.25, -0.2) is 4.18 Å². The van der Waals surface area contributed by atoms with E-state index in [2.05, 4.69) is 66.6 Å². The van der Waals surface area contributed by atoms with Gasteiger partial charge in [-0.3, -0.25) is 9.35 Å². The van der Waals surface area contributed by atoms with Crippen LogP contribution in [0.4, 0.5) is 0 Å². The van der Waals surface area contributed by atoms with Crippen LogP contribution in [-0.4, -0.2) is 97.5 Å². The normalized spacial score (nSPS) is 19.6. The molecule has 1 saturated heterocycles. The van der Waals surface area contributed by atoms with E-state index in [1.54, 1.807) is 0 Å². The molecular formula is C55H100O12S. The van der Waals surface area contributed by atoms with Crippen LogP contribution in [0.3, 0.4) is 0 Å². The highest BCUT2D eigenvalue weighted by Crippen LogP contribution is 2.26. The molecule has 6 unspecified atom stereocenters. The summed E-state index contributed by atoms with van der Waals surface area (Å²) in [6.07, 6.45) is 48.5. The molecule has 1 fully saturated rings. The van der Waals surface area contributed by atoms with E-state index >= 15 is 0 Å². The van der Waals surface area contributed by atoms with E-state index in [1.165, 1.54) is 135 Å². The monoisotopic (exact) mass is 985 g/mol. The molecule has 0 aromatic rings. The van der Waals surface area contributed by atoms with Crippen molar-refractivity contribution in [3.8, 4) is 0 Å². The largest absolute Gasteiger partial charge is 0.457 e. The van der Waals surface area contributed by atoms with Crippen LogP contribution in [0.2, 0.25) is 0 Å². The van der Waals surface area contributed by atoms with E-state index < -0.39 is 59.8 Å². The fourth-order valence-corrected chi connectivity index (χ4v) is 8.77. The third-order valence-electron chi connectivity index (χ3n) is 12.4. The predicted molar refractivity (Wildman–Crippen MR) is 276 cm³/mol. The van der Waals surface area contributed by atoms with Crippen LogP contribution in [0.5, 0.6) is 0 Å². The first-order chi connectivity index (χ1) is 33.1. The highest BCUT2D eigenvalue weighted by Gasteiger charge is 2.48. The summed E-state index contributed by atoms with van der Waals surface area (Å²) in [6, 6.07) is 0. The summed E-state index contributed by atoms with van der Waals surface area (Å²) < 4.78 is 59.3. The number of carbonyl (C=O) groups excluding carboxylic acids is 1. The molecule has 68 heavy (non-hydrogen) atoms. The van der Waals surface area contributed by atoms with Crippen molar-refractivity contribution in [2.45, 2.75) is 269 Å². The standard InChI is InChI=1S/C55H100O12S/c1-3-5-7-9-11-13-15-17-19-21-23-25-26-28-30-32-34-36-38-40-42-44-51(57)65-49(48-64-55-53(59)54(67-68(60,61)62)52(58)50(46-56)66-55)47-63-45-43-41-39-37-35-33-31-29-27-24-22-20-18-16-14-12-10-8-6-4-2/h15,17-18,20-21,23,26,28,49-50,52-56,58-59H,3-14,16,19,22,24-25,27,29-48H2,1-2H3,(H,60,61,62)/b17-15-,20-18-,23-21-,28-26-. The van der Waals surface area contributed by atoms with Crippen molar-refractivity contribution in [1.29, 1.82) is 0 Å². The van der Waals surface area contributed by atoms with Crippen LogP contribution in [0, 0.1) is 0 Å². The summed E-state index contributed by atoms with van der Waals surface area (Å²) in [5.41, 5.74) is 0. The predicted octanol–water partition coefficient (Wildman–Crippen LogP) is 13.1. The number of hydrogen-bond donors (Lipinski definition) is 4. The lowest BCUT2D eigenvalue weighted by Gasteiger charge is -2.41. The number of aliphatic hydroxyl groups is 3. The maximum absolute atomic E-state index is 12.9. The van der Waals surface area contributed by atoms with E-state index in [1.807, 2.05) is 0 Å². The number of hydrogen-bond acceptors (Lipinski definition) is 11. The molecule has 0 amide bonds. The van der Waals surface area contributed by atoms with Gasteiger partial charge >= 0.3 is 16.4 Å². The maximum Gasteiger partial charge on any atom is 0.397 e. The third-order valence-corrected chi connectivity index (χ3v) is 12.9. The first-order valence-electron chi connectivity index (χ1n) is 27.4. The summed E-state index contributed by atoms with van der Waals surface area (Å²) in [4.78, 5) is 12.9. The van der Waals surface area contributed by atoms with Crippen molar-refractivity contribution in [2.24, 2.45) is 0 Å². The van der Waals surface area contributed by atoms with Crippen molar-refractivity contribution in [3.63, 3.8) is 0 Å². The molecule has 0 aliphatic carbocycles. The highest BCUT2D eigenvalue weighted by atomic mass is 32.3. The van der Waals surface area contributed by atoms with Gasteiger partial charge in [-0.05, 0) is 77.0 Å². The quantitative estimate of drug-likeness (QED) is 0.0197. The van der Waals surface area contributed by atoms with Gasteiger partial charge in [0, 0.05) is 13.0 Å². The molecule has 1 heterocycles. The van der Waals surface area contributed by atoms with E-state index in [-0.39, 0.29) is 19.6 Å². The van der Waals surface area contributed by atoms with Gasteiger partial charge in [0.2, 0.25) is 0 Å². The first kappa shape index (κ1) is 64.1. The highest BCUT2D eigenvalue weighted by molar-refractivity contribution is 7.80. The van der Waals surface area contributed by atoms with Gasteiger partial charge in [0.25, 0.3) is 0 Å². The van der Waals surface area contributed by atoms with Crippen LogP contribution < -0.4 is 0 Å². The zero-order valence-electron chi connectivity index (χ0n) is 42.9. The maximum atomic E-state index is 12.9. The number of esters is 1. The summed E-state index contributed by atoms with van der Waals surface area (Å²) in [5.74, 6) is -0.410. The van der Waals surface area contributed by atoms with Gasteiger partial charge in [-0.2, -0.15) is 8.42 Å². The van der Waals surface area contributed by atoms with Gasteiger partial charge in [0.15, 0.2) is 6.29 Å². The Bertz CT molecular complexity index is 1370. The zero-order chi connectivity index (χ0) is 49.6. The molecule has 1 aliphatic rings. The van der Waals surface area contributed by atoms with Gasteiger partial charge in [-0.15, -0.1) is 0 Å². The lowest BCUT2D eigenvalue weighted by molar-refractivity contribution is -0.301. The molecule has 6 atom stereocenters. The Kier molecular flexibility index (Phi) is 43.5. The van der Waals surface area contributed by atoms with Crippen LogP contribution in [-0.2, 0) is 38.3 Å². The topological polar surface area (TPSA) is 178 Å². The van der Waals surface area contributed by atoms with Crippen LogP contribution in [0.15, 0.2) is 48.6 Å². The zero-order valence-corrected chi connectivity index (χ0v) is 43.7. The van der Waals surface area contributed by atoms with Crippen molar-refractivity contribution < 1.29 is 56.2 Å². The second-order valence-corrected chi connectivity index (χ2v) is 19.9. The number of ether oxygens (including phenoxy) is 4. The molecule has 0 bridgehead atoms. The Morgan fingerprint density at radius 1 is 0.559 bits per heavy atom. The molecular weight excluding hydrogens is 885 g/mol. The van der Waals surface area contributed by atoms with Gasteiger partial charge in [0.1, 0.15) is 30.5 Å². The Morgan fingerprint density at radius 3 is 1.43 bits per heavy atom. The summed E-state index contributed by atoms with van der Waals surface area (Å²) in [6.45, 7) is 3.98. The minimum absolute atomic E-state index is 0.0296. The second kappa shape index (κ2) is 46.2. The van der Waals surface area contributed by atoms with Gasteiger partial charge in [0.05, 0.1) is 19.8 Å². The molecule has 0 spiro atoms. The van der Waals surface area contributed by atoms with Crippen LogP contribution in [0.25, 0.3) is 0 Å².